The number of aryl methyl sites for hydroxylation is 1. The molecule has 2 aromatic carbocycles. The maximum Gasteiger partial charge on any atom is 0.297 e. The van der Waals surface area contributed by atoms with Gasteiger partial charge in [-0.05, 0) is 43.3 Å². The van der Waals surface area contributed by atoms with Gasteiger partial charge in [-0.3, -0.25) is 4.18 Å². The van der Waals surface area contributed by atoms with E-state index in [1.165, 1.54) is 0 Å². The quantitative estimate of drug-likeness (QED) is 0.604. The van der Waals surface area contributed by atoms with Crippen molar-refractivity contribution < 1.29 is 12.6 Å². The van der Waals surface area contributed by atoms with Crippen LogP contribution in [0, 0.1) is 19.3 Å². The van der Waals surface area contributed by atoms with Gasteiger partial charge in [-0.15, -0.1) is 6.42 Å². The van der Waals surface area contributed by atoms with Crippen LogP contribution >= 0.6 is 0 Å². The number of nitrogens with zero attached hydrogens (tertiary/aromatic N) is 1. The summed E-state index contributed by atoms with van der Waals surface area (Å²) in [5.41, 5.74) is 2.75. The fraction of sp³-hybridized carbons (Fsp3) is 0.222. The minimum atomic E-state index is -3.72. The molecule has 4 nitrogen and oxygen atoms in total. The van der Waals surface area contributed by atoms with Crippen LogP contribution in [0.4, 0.5) is 5.69 Å². The molecule has 2 aromatic rings. The SMILES string of the molecule is C#Cc1ccc(N(C)CCOS(=O)(=O)c2ccc(C)cc2)cc1. The topological polar surface area (TPSA) is 46.6 Å². The average Bonchev–Trinajstić information content (AvgIpc) is 2.55. The molecule has 0 radical (unpaired) electrons. The zero-order valence-corrected chi connectivity index (χ0v) is 14.0. The Kier molecular flexibility index (Phi) is 5.43. The van der Waals surface area contributed by atoms with Crippen LogP contribution < -0.4 is 4.90 Å². The van der Waals surface area contributed by atoms with E-state index in [9.17, 15) is 8.42 Å². The highest BCUT2D eigenvalue weighted by atomic mass is 32.2. The first-order valence-electron chi connectivity index (χ1n) is 7.16. The summed E-state index contributed by atoms with van der Waals surface area (Å²) in [6.07, 6.45) is 5.32. The maximum absolute atomic E-state index is 12.1. The first kappa shape index (κ1) is 17.1. The van der Waals surface area contributed by atoms with Gasteiger partial charge in [0.1, 0.15) is 0 Å². The van der Waals surface area contributed by atoms with Crippen LogP contribution in [0.3, 0.4) is 0 Å². The van der Waals surface area contributed by atoms with Gasteiger partial charge in [0.2, 0.25) is 0 Å². The predicted octanol–water partition coefficient (Wildman–Crippen LogP) is 2.82. The molecule has 0 atom stereocenters. The van der Waals surface area contributed by atoms with Crippen molar-refractivity contribution in [2.24, 2.45) is 0 Å². The van der Waals surface area contributed by atoms with E-state index in [1.54, 1.807) is 24.3 Å². The second kappa shape index (κ2) is 7.32. The Labute approximate surface area is 137 Å². The number of anilines is 1. The summed E-state index contributed by atoms with van der Waals surface area (Å²) in [6.45, 7) is 2.42. The highest BCUT2D eigenvalue weighted by molar-refractivity contribution is 7.86. The predicted molar refractivity (Wildman–Crippen MR) is 92.0 cm³/mol. The highest BCUT2D eigenvalue weighted by Crippen LogP contribution is 2.15. The fourth-order valence-electron chi connectivity index (χ4n) is 2.00. The van der Waals surface area contributed by atoms with Crippen molar-refractivity contribution in [2.75, 3.05) is 25.1 Å². The van der Waals surface area contributed by atoms with Crippen molar-refractivity contribution in [3.8, 4) is 12.3 Å². The molecule has 0 bridgehead atoms. The number of benzene rings is 2. The zero-order chi connectivity index (χ0) is 16.9. The minimum absolute atomic E-state index is 0.0730. The molecule has 0 aliphatic rings. The molecule has 0 amide bonds. The summed E-state index contributed by atoms with van der Waals surface area (Å²) < 4.78 is 29.3. The Morgan fingerprint density at radius 3 is 2.26 bits per heavy atom. The summed E-state index contributed by atoms with van der Waals surface area (Å²) >= 11 is 0. The summed E-state index contributed by atoms with van der Waals surface area (Å²) in [7, 11) is -1.85. The normalized spacial score (nSPS) is 11.0. The van der Waals surface area contributed by atoms with Gasteiger partial charge in [0.15, 0.2) is 0 Å². The lowest BCUT2D eigenvalue weighted by Gasteiger charge is -2.19. The lowest BCUT2D eigenvalue weighted by atomic mass is 10.2. The first-order valence-corrected chi connectivity index (χ1v) is 8.57. The Morgan fingerprint density at radius 2 is 1.70 bits per heavy atom. The van der Waals surface area contributed by atoms with Crippen LogP contribution in [0.2, 0.25) is 0 Å². The van der Waals surface area contributed by atoms with Crippen LogP contribution in [0.15, 0.2) is 53.4 Å². The molecule has 5 heteroatoms. The van der Waals surface area contributed by atoms with E-state index >= 15 is 0 Å². The molecule has 0 fully saturated rings. The Morgan fingerprint density at radius 1 is 1.09 bits per heavy atom. The molecule has 0 aromatic heterocycles. The van der Waals surface area contributed by atoms with Gasteiger partial charge in [-0.25, -0.2) is 0 Å². The van der Waals surface area contributed by atoms with E-state index < -0.39 is 10.1 Å². The number of hydrogen-bond donors (Lipinski definition) is 0. The third-order valence-electron chi connectivity index (χ3n) is 3.45. The molecule has 0 aliphatic carbocycles. The molecule has 0 aliphatic heterocycles. The summed E-state index contributed by atoms with van der Waals surface area (Å²) in [4.78, 5) is 2.08. The standard InChI is InChI=1S/C18H19NO3S/c1-4-16-7-9-17(10-8-16)19(3)13-14-22-23(20,21)18-11-5-15(2)6-12-18/h1,5-12H,13-14H2,2-3H3. The molecule has 23 heavy (non-hydrogen) atoms. The van der Waals surface area contributed by atoms with Crippen LogP contribution in [0.5, 0.6) is 0 Å². The largest absolute Gasteiger partial charge is 0.372 e. The van der Waals surface area contributed by atoms with E-state index in [1.807, 2.05) is 43.1 Å². The molecule has 0 saturated carbocycles. The Bertz CT molecular complexity index is 788. The number of rotatable bonds is 6. The van der Waals surface area contributed by atoms with Gasteiger partial charge in [0.05, 0.1) is 11.5 Å². The lowest BCUT2D eigenvalue weighted by molar-refractivity contribution is 0.325. The summed E-state index contributed by atoms with van der Waals surface area (Å²) in [5, 5.41) is 0. The van der Waals surface area contributed by atoms with Gasteiger partial charge in [-0.1, -0.05) is 23.6 Å². The van der Waals surface area contributed by atoms with E-state index in [0.29, 0.717) is 6.54 Å². The van der Waals surface area contributed by atoms with E-state index in [2.05, 4.69) is 5.92 Å². The molecule has 0 spiro atoms. The molecule has 0 N–H and O–H groups in total. The Balaban J connectivity index is 1.93. The van der Waals surface area contributed by atoms with Crippen LogP contribution in [-0.4, -0.2) is 28.6 Å². The molecule has 2 rings (SSSR count). The van der Waals surface area contributed by atoms with Gasteiger partial charge >= 0.3 is 0 Å². The summed E-state index contributed by atoms with van der Waals surface area (Å²) in [6, 6.07) is 14.1. The summed E-state index contributed by atoms with van der Waals surface area (Å²) in [5.74, 6) is 2.56. The maximum atomic E-state index is 12.1. The van der Waals surface area contributed by atoms with E-state index in [-0.39, 0.29) is 11.5 Å². The van der Waals surface area contributed by atoms with Crippen LogP contribution in [0.1, 0.15) is 11.1 Å². The van der Waals surface area contributed by atoms with Crippen molar-refractivity contribution in [1.82, 2.24) is 0 Å². The monoisotopic (exact) mass is 329 g/mol. The first-order chi connectivity index (χ1) is 10.9. The molecular formula is C18H19NO3S. The fourth-order valence-corrected chi connectivity index (χ4v) is 2.90. The second-order valence-corrected chi connectivity index (χ2v) is 6.82. The third kappa shape index (κ3) is 4.59. The van der Waals surface area contributed by atoms with Crippen molar-refractivity contribution in [3.63, 3.8) is 0 Å². The average molecular weight is 329 g/mol. The third-order valence-corrected chi connectivity index (χ3v) is 4.78. The number of terminal acetylenes is 1. The molecule has 0 saturated heterocycles. The van der Waals surface area contributed by atoms with Crippen LogP contribution in [0.25, 0.3) is 0 Å². The minimum Gasteiger partial charge on any atom is -0.372 e. The Hall–Kier alpha value is -2.29. The molecular weight excluding hydrogens is 310 g/mol. The lowest BCUT2D eigenvalue weighted by Crippen LogP contribution is -2.24. The van der Waals surface area contributed by atoms with Crippen LogP contribution in [-0.2, 0) is 14.3 Å². The van der Waals surface area contributed by atoms with Crippen molar-refractivity contribution in [2.45, 2.75) is 11.8 Å². The van der Waals surface area contributed by atoms with Crippen molar-refractivity contribution in [3.05, 3.63) is 59.7 Å². The molecule has 0 heterocycles. The smallest absolute Gasteiger partial charge is 0.297 e. The zero-order valence-electron chi connectivity index (χ0n) is 13.2. The molecule has 120 valence electrons. The number of hydrogen-bond acceptors (Lipinski definition) is 4. The molecule has 0 unspecified atom stereocenters. The van der Waals surface area contributed by atoms with Crippen molar-refractivity contribution in [1.29, 1.82) is 0 Å². The van der Waals surface area contributed by atoms with Gasteiger partial charge < -0.3 is 4.90 Å². The van der Waals surface area contributed by atoms with E-state index in [0.717, 1.165) is 16.8 Å². The highest BCUT2D eigenvalue weighted by Gasteiger charge is 2.15. The van der Waals surface area contributed by atoms with Gasteiger partial charge in [0.25, 0.3) is 10.1 Å². The van der Waals surface area contributed by atoms with Gasteiger partial charge in [-0.2, -0.15) is 8.42 Å². The van der Waals surface area contributed by atoms with E-state index in [4.69, 9.17) is 10.6 Å². The second-order valence-electron chi connectivity index (χ2n) is 5.20. The van der Waals surface area contributed by atoms with Gasteiger partial charge in [0, 0.05) is 24.8 Å². The van der Waals surface area contributed by atoms with Crippen molar-refractivity contribution >= 4 is 15.8 Å². The number of likely N-dealkylation sites (N-methyl/N-ethyl adjacent to an activating group) is 1.